The van der Waals surface area contributed by atoms with Crippen molar-refractivity contribution in [1.29, 1.82) is 0 Å². The lowest BCUT2D eigenvalue weighted by Crippen LogP contribution is -2.45. The maximum atomic E-state index is 13.1. The van der Waals surface area contributed by atoms with Crippen LogP contribution in [0.1, 0.15) is 29.9 Å². The van der Waals surface area contributed by atoms with Crippen molar-refractivity contribution in [1.82, 2.24) is 9.13 Å². The van der Waals surface area contributed by atoms with Crippen LogP contribution in [0.2, 0.25) is 0 Å². The SMILES string of the molecule is CCC(=O)n1c(=O)c(F)cn(C(C)=O)c1=O. The fourth-order valence-corrected chi connectivity index (χ4v) is 1.13. The lowest BCUT2D eigenvalue weighted by atomic mass is 10.4. The van der Waals surface area contributed by atoms with Crippen molar-refractivity contribution in [2.75, 3.05) is 0 Å². The second kappa shape index (κ2) is 4.21. The highest BCUT2D eigenvalue weighted by Crippen LogP contribution is 1.89. The quantitative estimate of drug-likeness (QED) is 0.670. The number of aromatic nitrogens is 2. The molecule has 0 aliphatic heterocycles. The molecule has 0 aliphatic carbocycles. The highest BCUT2D eigenvalue weighted by Gasteiger charge is 2.17. The molecule has 16 heavy (non-hydrogen) atoms. The predicted octanol–water partition coefficient (Wildman–Crippen LogP) is -0.141. The Kier molecular flexibility index (Phi) is 3.17. The number of halogens is 1. The Hall–Kier alpha value is -2.05. The molecule has 0 unspecified atom stereocenters. The van der Waals surface area contributed by atoms with Crippen LogP contribution < -0.4 is 11.2 Å². The van der Waals surface area contributed by atoms with E-state index in [0.29, 0.717) is 10.8 Å². The van der Waals surface area contributed by atoms with Crippen LogP contribution in [0.4, 0.5) is 4.39 Å². The van der Waals surface area contributed by atoms with Gasteiger partial charge in [0.1, 0.15) is 0 Å². The maximum Gasteiger partial charge on any atom is 0.344 e. The van der Waals surface area contributed by atoms with Crippen LogP contribution >= 0.6 is 0 Å². The van der Waals surface area contributed by atoms with Crippen molar-refractivity contribution in [3.63, 3.8) is 0 Å². The topological polar surface area (TPSA) is 78.1 Å². The Bertz CT molecular complexity index is 570. The zero-order chi connectivity index (χ0) is 12.5. The van der Waals surface area contributed by atoms with E-state index in [1.165, 1.54) is 6.92 Å². The lowest BCUT2D eigenvalue weighted by molar-refractivity contribution is 0.0884. The predicted molar refractivity (Wildman–Crippen MR) is 52.1 cm³/mol. The average Bonchev–Trinajstić information content (AvgIpc) is 2.22. The normalized spacial score (nSPS) is 10.2. The first-order valence-corrected chi connectivity index (χ1v) is 4.48. The van der Waals surface area contributed by atoms with Crippen molar-refractivity contribution >= 4 is 11.8 Å². The molecule has 6 nitrogen and oxygen atoms in total. The van der Waals surface area contributed by atoms with E-state index in [0.717, 1.165) is 6.92 Å². The van der Waals surface area contributed by atoms with Crippen molar-refractivity contribution in [3.8, 4) is 0 Å². The van der Waals surface area contributed by atoms with Crippen LogP contribution in [-0.4, -0.2) is 20.9 Å². The summed E-state index contributed by atoms with van der Waals surface area (Å²) in [7, 11) is 0. The van der Waals surface area contributed by atoms with Crippen LogP contribution in [0.5, 0.6) is 0 Å². The van der Waals surface area contributed by atoms with E-state index in [9.17, 15) is 23.6 Å². The summed E-state index contributed by atoms with van der Waals surface area (Å²) >= 11 is 0. The summed E-state index contributed by atoms with van der Waals surface area (Å²) in [4.78, 5) is 44.9. The van der Waals surface area contributed by atoms with Gasteiger partial charge in [-0.1, -0.05) is 6.92 Å². The number of carbonyl (C=O) groups is 2. The van der Waals surface area contributed by atoms with E-state index in [1.54, 1.807) is 0 Å². The summed E-state index contributed by atoms with van der Waals surface area (Å²) in [5.74, 6) is -2.96. The minimum atomic E-state index is -1.34. The molecule has 0 atom stereocenters. The van der Waals surface area contributed by atoms with Crippen molar-refractivity contribution in [3.05, 3.63) is 32.9 Å². The third-order valence-corrected chi connectivity index (χ3v) is 1.94. The Morgan fingerprint density at radius 2 is 1.94 bits per heavy atom. The Labute approximate surface area is 88.9 Å². The summed E-state index contributed by atoms with van der Waals surface area (Å²) in [6, 6.07) is 0. The molecule has 86 valence electrons. The molecule has 0 aromatic carbocycles. The second-order valence-corrected chi connectivity index (χ2v) is 3.04. The Balaban J connectivity index is 3.73. The molecule has 0 aliphatic rings. The van der Waals surface area contributed by atoms with Gasteiger partial charge in [-0.25, -0.2) is 9.36 Å². The van der Waals surface area contributed by atoms with E-state index in [-0.39, 0.29) is 11.0 Å². The smallest absolute Gasteiger partial charge is 0.274 e. The van der Waals surface area contributed by atoms with Gasteiger partial charge in [0.05, 0.1) is 6.20 Å². The largest absolute Gasteiger partial charge is 0.344 e. The molecule has 1 aromatic heterocycles. The van der Waals surface area contributed by atoms with Gasteiger partial charge in [0, 0.05) is 13.3 Å². The van der Waals surface area contributed by atoms with E-state index in [4.69, 9.17) is 0 Å². The van der Waals surface area contributed by atoms with Gasteiger partial charge >= 0.3 is 5.69 Å². The van der Waals surface area contributed by atoms with Crippen molar-refractivity contribution < 1.29 is 14.0 Å². The summed E-state index contributed by atoms with van der Waals surface area (Å²) in [5.41, 5.74) is -2.49. The minimum absolute atomic E-state index is 0.122. The number of hydrogen-bond acceptors (Lipinski definition) is 4. The first kappa shape index (κ1) is 12.0. The molecule has 1 rings (SSSR count). The third kappa shape index (κ3) is 1.83. The van der Waals surface area contributed by atoms with Crippen LogP contribution in [0.15, 0.2) is 15.8 Å². The van der Waals surface area contributed by atoms with E-state index >= 15 is 0 Å². The Morgan fingerprint density at radius 1 is 1.38 bits per heavy atom. The van der Waals surface area contributed by atoms with Crippen molar-refractivity contribution in [2.24, 2.45) is 0 Å². The molecule has 0 saturated heterocycles. The molecule has 1 heterocycles. The maximum absolute atomic E-state index is 13.1. The number of hydrogen-bond donors (Lipinski definition) is 0. The van der Waals surface area contributed by atoms with Gasteiger partial charge in [-0.2, -0.15) is 8.96 Å². The van der Waals surface area contributed by atoms with Gasteiger partial charge in [-0.15, -0.1) is 0 Å². The summed E-state index contributed by atoms with van der Waals surface area (Å²) < 4.78 is 13.6. The molecule has 0 bridgehead atoms. The third-order valence-electron chi connectivity index (χ3n) is 1.94. The highest BCUT2D eigenvalue weighted by molar-refractivity contribution is 5.80. The number of carbonyl (C=O) groups excluding carboxylic acids is 2. The highest BCUT2D eigenvalue weighted by atomic mass is 19.1. The molecule has 0 saturated carbocycles. The summed E-state index contributed by atoms with van der Waals surface area (Å²) in [6.45, 7) is 2.43. The molecule has 0 radical (unpaired) electrons. The minimum Gasteiger partial charge on any atom is -0.274 e. The van der Waals surface area contributed by atoms with E-state index in [2.05, 4.69) is 0 Å². The van der Waals surface area contributed by atoms with Crippen LogP contribution in [0.25, 0.3) is 0 Å². The van der Waals surface area contributed by atoms with Crippen LogP contribution in [0.3, 0.4) is 0 Å². The molecule has 0 N–H and O–H groups in total. The van der Waals surface area contributed by atoms with Crippen LogP contribution in [0, 0.1) is 5.82 Å². The fourth-order valence-electron chi connectivity index (χ4n) is 1.13. The number of rotatable bonds is 1. The van der Waals surface area contributed by atoms with Gasteiger partial charge in [0.25, 0.3) is 5.56 Å². The lowest BCUT2D eigenvalue weighted by Gasteiger charge is -2.05. The molecule has 0 amide bonds. The van der Waals surface area contributed by atoms with Gasteiger partial charge in [-0.3, -0.25) is 14.4 Å². The van der Waals surface area contributed by atoms with Gasteiger partial charge in [-0.05, 0) is 0 Å². The second-order valence-electron chi connectivity index (χ2n) is 3.04. The molecule has 0 fully saturated rings. The standard InChI is InChI=1S/C9H9FN2O4/c1-3-7(14)12-8(15)6(10)4-11(5(2)13)9(12)16/h4H,3H2,1-2H3. The van der Waals surface area contributed by atoms with Gasteiger partial charge in [0.2, 0.25) is 17.6 Å². The van der Waals surface area contributed by atoms with E-state index in [1.807, 2.05) is 0 Å². The molecule has 0 spiro atoms. The zero-order valence-corrected chi connectivity index (χ0v) is 8.69. The molecular formula is C9H9FN2O4. The summed E-state index contributed by atoms with van der Waals surface area (Å²) in [5, 5.41) is 0. The summed E-state index contributed by atoms with van der Waals surface area (Å²) in [6.07, 6.45) is 0.336. The first-order chi connectivity index (χ1) is 7.40. The zero-order valence-electron chi connectivity index (χ0n) is 8.69. The van der Waals surface area contributed by atoms with Crippen LogP contribution in [-0.2, 0) is 0 Å². The fraction of sp³-hybridized carbons (Fsp3) is 0.333. The molecular weight excluding hydrogens is 219 g/mol. The number of nitrogens with zero attached hydrogens (tertiary/aromatic N) is 2. The van der Waals surface area contributed by atoms with E-state index < -0.39 is 28.9 Å². The van der Waals surface area contributed by atoms with Gasteiger partial charge in [0.15, 0.2) is 0 Å². The Morgan fingerprint density at radius 3 is 2.38 bits per heavy atom. The van der Waals surface area contributed by atoms with Crippen molar-refractivity contribution in [2.45, 2.75) is 20.3 Å². The average molecular weight is 228 g/mol. The monoisotopic (exact) mass is 228 g/mol. The molecule has 1 aromatic rings. The van der Waals surface area contributed by atoms with Gasteiger partial charge < -0.3 is 0 Å². The first-order valence-electron chi connectivity index (χ1n) is 4.48. The molecule has 7 heteroatoms.